The number of nitrogens with one attached hydrogen (secondary N) is 1. The fourth-order valence-electron chi connectivity index (χ4n) is 4.08. The van der Waals surface area contributed by atoms with E-state index in [4.69, 9.17) is 4.74 Å². The molecule has 8 nitrogen and oxygen atoms in total. The third kappa shape index (κ3) is 8.81. The second kappa shape index (κ2) is 13.5. The van der Waals surface area contributed by atoms with Gasteiger partial charge in [0.25, 0.3) is 10.0 Å². The second-order valence-electron chi connectivity index (χ2n) is 10.8. The molecule has 3 aromatic rings. The summed E-state index contributed by atoms with van der Waals surface area (Å²) in [5.74, 6) is -0.273. The number of rotatable bonds is 11. The van der Waals surface area contributed by atoms with E-state index in [1.165, 1.54) is 17.0 Å². The van der Waals surface area contributed by atoms with Crippen LogP contribution in [0.3, 0.4) is 0 Å². The summed E-state index contributed by atoms with van der Waals surface area (Å²) < 4.78 is 35.4. The van der Waals surface area contributed by atoms with Gasteiger partial charge in [-0.2, -0.15) is 0 Å². The molecule has 220 valence electrons. The molecule has 0 heterocycles. The summed E-state index contributed by atoms with van der Waals surface area (Å²) in [7, 11) is -4.14. The molecule has 1 N–H and O–H groups in total. The molecule has 0 fully saturated rings. The maximum Gasteiger partial charge on any atom is 0.264 e. The molecule has 3 aromatic carbocycles. The van der Waals surface area contributed by atoms with Crippen LogP contribution < -0.4 is 14.4 Å². The van der Waals surface area contributed by atoms with Crippen molar-refractivity contribution in [3.8, 4) is 5.75 Å². The van der Waals surface area contributed by atoms with Crippen LogP contribution in [-0.2, 0) is 26.2 Å². The third-order valence-electron chi connectivity index (χ3n) is 6.26. The highest BCUT2D eigenvalue weighted by Gasteiger charge is 2.33. The van der Waals surface area contributed by atoms with E-state index in [2.05, 4.69) is 21.2 Å². The summed E-state index contributed by atoms with van der Waals surface area (Å²) in [5.41, 5.74) is 1.50. The minimum Gasteiger partial charge on any atom is -0.494 e. The topological polar surface area (TPSA) is 96.0 Å². The summed E-state index contributed by atoms with van der Waals surface area (Å²) in [6.45, 7) is 11.0. The highest BCUT2D eigenvalue weighted by molar-refractivity contribution is 9.10. The van der Waals surface area contributed by atoms with Gasteiger partial charge in [-0.25, -0.2) is 8.42 Å². The van der Waals surface area contributed by atoms with E-state index in [0.717, 1.165) is 19.9 Å². The first kappa shape index (κ1) is 32.1. The van der Waals surface area contributed by atoms with E-state index >= 15 is 0 Å². The van der Waals surface area contributed by atoms with E-state index in [1.807, 2.05) is 58.9 Å². The van der Waals surface area contributed by atoms with Crippen LogP contribution >= 0.6 is 15.9 Å². The van der Waals surface area contributed by atoms with Crippen LogP contribution in [0, 0.1) is 6.92 Å². The number of carbonyl (C=O) groups is 2. The molecule has 0 bridgehead atoms. The Balaban J connectivity index is 2.03. The molecule has 3 rings (SSSR count). The molecule has 2 amide bonds. The van der Waals surface area contributed by atoms with Crippen molar-refractivity contribution >= 4 is 43.5 Å². The number of nitrogens with zero attached hydrogens (tertiary/aromatic N) is 2. The molecular weight excluding hydrogens is 606 g/mol. The maximum absolute atomic E-state index is 14.0. The largest absolute Gasteiger partial charge is 0.494 e. The molecular formula is C31H38BrN3O5S. The molecule has 0 saturated heterocycles. The molecule has 0 aliphatic carbocycles. The van der Waals surface area contributed by atoms with Gasteiger partial charge >= 0.3 is 0 Å². The number of sulfonamides is 1. The van der Waals surface area contributed by atoms with Gasteiger partial charge < -0.3 is 15.0 Å². The Hall–Kier alpha value is -3.37. The van der Waals surface area contributed by atoms with Crippen LogP contribution in [0.4, 0.5) is 5.69 Å². The van der Waals surface area contributed by atoms with Crippen molar-refractivity contribution in [2.24, 2.45) is 0 Å². The quantitative estimate of drug-likeness (QED) is 0.290. The first-order valence-corrected chi connectivity index (χ1v) is 15.6. The number of benzene rings is 3. The number of halogens is 1. The Morgan fingerprint density at radius 2 is 1.54 bits per heavy atom. The van der Waals surface area contributed by atoms with Crippen LogP contribution in [0.25, 0.3) is 0 Å². The Morgan fingerprint density at radius 1 is 0.951 bits per heavy atom. The molecule has 41 heavy (non-hydrogen) atoms. The number of anilines is 1. The Bertz CT molecular complexity index is 1440. The number of carbonyl (C=O) groups excluding carboxylic acids is 2. The van der Waals surface area contributed by atoms with Crippen LogP contribution in [-0.4, -0.2) is 49.9 Å². The van der Waals surface area contributed by atoms with Crippen LogP contribution in [0.2, 0.25) is 0 Å². The molecule has 0 aliphatic heterocycles. The summed E-state index contributed by atoms with van der Waals surface area (Å²) in [6, 6.07) is 19.6. The van der Waals surface area contributed by atoms with Gasteiger partial charge in [0, 0.05) is 16.6 Å². The summed E-state index contributed by atoms with van der Waals surface area (Å²) in [5, 5.41) is 2.93. The highest BCUT2D eigenvalue weighted by Crippen LogP contribution is 2.27. The van der Waals surface area contributed by atoms with Crippen molar-refractivity contribution < 1.29 is 22.7 Å². The molecule has 1 atom stereocenters. The zero-order valence-electron chi connectivity index (χ0n) is 24.3. The lowest BCUT2D eigenvalue weighted by atomic mass is 10.1. The average molecular weight is 645 g/mol. The summed E-state index contributed by atoms with van der Waals surface area (Å²) >= 11 is 3.42. The molecule has 0 aliphatic rings. The van der Waals surface area contributed by atoms with Crippen LogP contribution in [0.5, 0.6) is 5.75 Å². The molecule has 0 radical (unpaired) electrons. The number of amides is 2. The number of hydrogen-bond donors (Lipinski definition) is 1. The average Bonchev–Trinajstić information content (AvgIpc) is 2.91. The fourth-order valence-corrected chi connectivity index (χ4v) is 5.76. The van der Waals surface area contributed by atoms with Gasteiger partial charge in [-0.1, -0.05) is 45.8 Å². The Labute approximate surface area is 251 Å². The minimum absolute atomic E-state index is 0.0581. The predicted octanol–water partition coefficient (Wildman–Crippen LogP) is 5.68. The highest BCUT2D eigenvalue weighted by atomic mass is 79.9. The van der Waals surface area contributed by atoms with Crippen molar-refractivity contribution in [2.45, 2.75) is 64.6 Å². The lowest BCUT2D eigenvalue weighted by molar-refractivity contribution is -0.140. The smallest absolute Gasteiger partial charge is 0.264 e. The van der Waals surface area contributed by atoms with Crippen molar-refractivity contribution in [2.75, 3.05) is 17.5 Å². The summed E-state index contributed by atoms with van der Waals surface area (Å²) in [4.78, 5) is 28.7. The van der Waals surface area contributed by atoms with Gasteiger partial charge in [0.1, 0.15) is 18.3 Å². The van der Waals surface area contributed by atoms with Crippen molar-refractivity contribution in [3.63, 3.8) is 0 Å². The zero-order valence-corrected chi connectivity index (χ0v) is 26.8. The van der Waals surface area contributed by atoms with Crippen molar-refractivity contribution in [3.05, 3.63) is 88.4 Å². The van der Waals surface area contributed by atoms with Gasteiger partial charge in [0.15, 0.2) is 0 Å². The number of ether oxygens (including phenoxy) is 1. The zero-order chi connectivity index (χ0) is 30.4. The van der Waals surface area contributed by atoms with E-state index in [0.29, 0.717) is 18.0 Å². The molecule has 0 spiro atoms. The monoisotopic (exact) mass is 643 g/mol. The molecule has 10 heteroatoms. The van der Waals surface area contributed by atoms with Gasteiger partial charge in [-0.15, -0.1) is 0 Å². The Morgan fingerprint density at radius 3 is 2.07 bits per heavy atom. The molecule has 0 unspecified atom stereocenters. The first-order valence-electron chi connectivity index (χ1n) is 13.4. The molecule has 0 saturated carbocycles. The van der Waals surface area contributed by atoms with Crippen molar-refractivity contribution in [1.29, 1.82) is 0 Å². The predicted molar refractivity (Wildman–Crippen MR) is 165 cm³/mol. The number of aryl methyl sites for hydroxylation is 1. The third-order valence-corrected chi connectivity index (χ3v) is 8.57. The number of hydrogen-bond acceptors (Lipinski definition) is 5. The standard InChI is InChI=1S/C31H38BrN3O5S/c1-7-40-27-16-14-26(15-17-27)35(41(38,39)28-18-8-22(2)9-19-28)21-29(36)34(20-24-10-12-25(32)13-11-24)23(3)30(37)33-31(4,5)6/h8-19,23H,7,20-21H2,1-6H3,(H,33,37)/t23-/m1/s1. The lowest BCUT2D eigenvalue weighted by Crippen LogP contribution is -2.54. The van der Waals surface area contributed by atoms with E-state index in [1.54, 1.807) is 43.3 Å². The van der Waals surface area contributed by atoms with E-state index in [-0.39, 0.29) is 17.3 Å². The Kier molecular flexibility index (Phi) is 10.6. The summed E-state index contributed by atoms with van der Waals surface area (Å²) in [6.07, 6.45) is 0. The SMILES string of the molecule is CCOc1ccc(N(CC(=O)N(Cc2ccc(Br)cc2)[C@H](C)C(=O)NC(C)(C)C)S(=O)(=O)c2ccc(C)cc2)cc1. The second-order valence-corrected chi connectivity index (χ2v) is 13.6. The van der Waals surface area contributed by atoms with Gasteiger partial charge in [-0.3, -0.25) is 13.9 Å². The van der Waals surface area contributed by atoms with Crippen LogP contribution in [0.1, 0.15) is 45.7 Å². The van der Waals surface area contributed by atoms with Gasteiger partial charge in [0.05, 0.1) is 17.2 Å². The van der Waals surface area contributed by atoms with Crippen molar-refractivity contribution in [1.82, 2.24) is 10.2 Å². The first-order chi connectivity index (χ1) is 19.2. The molecule has 0 aromatic heterocycles. The van der Waals surface area contributed by atoms with E-state index < -0.39 is 34.1 Å². The van der Waals surface area contributed by atoms with E-state index in [9.17, 15) is 18.0 Å². The van der Waals surface area contributed by atoms with Gasteiger partial charge in [-0.05, 0) is 95.6 Å². The fraction of sp³-hybridized carbons (Fsp3) is 0.355. The maximum atomic E-state index is 14.0. The van der Waals surface area contributed by atoms with Crippen LogP contribution in [0.15, 0.2) is 82.2 Å². The van der Waals surface area contributed by atoms with Gasteiger partial charge in [0.2, 0.25) is 11.8 Å². The lowest BCUT2D eigenvalue weighted by Gasteiger charge is -2.33. The normalized spacial score (nSPS) is 12.4. The minimum atomic E-state index is -4.14.